The maximum Gasteiger partial charge on any atom is 0.278 e. The van der Waals surface area contributed by atoms with Crippen LogP contribution in [0.2, 0.25) is 0 Å². The second-order valence-corrected chi connectivity index (χ2v) is 7.84. The van der Waals surface area contributed by atoms with Gasteiger partial charge in [-0.1, -0.05) is 23.4 Å². The number of hydrogen-bond acceptors (Lipinski definition) is 4. The van der Waals surface area contributed by atoms with E-state index in [1.165, 1.54) is 4.68 Å². The van der Waals surface area contributed by atoms with Crippen molar-refractivity contribution >= 4 is 39.1 Å². The third-order valence-electron chi connectivity index (χ3n) is 4.53. The Morgan fingerprint density at radius 2 is 1.66 bits per heavy atom. The number of carbonyl (C=O) groups is 2. The number of aromatic nitrogens is 3. The first-order valence-electron chi connectivity index (χ1n) is 9.09. The number of halogens is 1. The average molecular weight is 456 g/mol. The molecular weight excluding hydrogens is 434 g/mol. The van der Waals surface area contributed by atoms with Crippen LogP contribution in [-0.2, 0) is 11.3 Å². The quantitative estimate of drug-likeness (QED) is 0.604. The van der Waals surface area contributed by atoms with Gasteiger partial charge in [0.15, 0.2) is 5.69 Å². The van der Waals surface area contributed by atoms with Gasteiger partial charge in [-0.3, -0.25) is 9.59 Å². The van der Waals surface area contributed by atoms with Crippen molar-refractivity contribution in [1.29, 1.82) is 0 Å². The second kappa shape index (κ2) is 8.57. The van der Waals surface area contributed by atoms with Gasteiger partial charge >= 0.3 is 0 Å². The third kappa shape index (κ3) is 4.89. The summed E-state index contributed by atoms with van der Waals surface area (Å²) in [4.78, 5) is 25.0. The second-order valence-electron chi connectivity index (χ2n) is 6.99. The van der Waals surface area contributed by atoms with Crippen LogP contribution in [0.5, 0.6) is 0 Å². The van der Waals surface area contributed by atoms with Crippen molar-refractivity contribution in [3.8, 4) is 0 Å². The smallest absolute Gasteiger partial charge is 0.278 e. The van der Waals surface area contributed by atoms with Gasteiger partial charge in [-0.05, 0) is 78.5 Å². The van der Waals surface area contributed by atoms with E-state index in [1.807, 2.05) is 57.2 Å². The zero-order valence-electron chi connectivity index (χ0n) is 16.7. The van der Waals surface area contributed by atoms with Crippen molar-refractivity contribution < 1.29 is 9.59 Å². The Kier molecular flexibility index (Phi) is 6.12. The zero-order valence-corrected chi connectivity index (χ0v) is 18.3. The van der Waals surface area contributed by atoms with E-state index in [0.29, 0.717) is 11.4 Å². The van der Waals surface area contributed by atoms with Crippen molar-refractivity contribution in [3.05, 3.63) is 68.9 Å². The molecule has 0 spiro atoms. The molecule has 3 rings (SSSR count). The first-order chi connectivity index (χ1) is 13.7. The maximum absolute atomic E-state index is 12.6. The molecule has 0 unspecified atom stereocenters. The van der Waals surface area contributed by atoms with E-state index in [1.54, 1.807) is 6.92 Å². The van der Waals surface area contributed by atoms with Crippen LogP contribution in [0.3, 0.4) is 0 Å². The van der Waals surface area contributed by atoms with E-state index in [0.717, 1.165) is 26.9 Å². The van der Waals surface area contributed by atoms with E-state index >= 15 is 0 Å². The highest BCUT2D eigenvalue weighted by molar-refractivity contribution is 9.10. The highest BCUT2D eigenvalue weighted by Crippen LogP contribution is 2.24. The monoisotopic (exact) mass is 455 g/mol. The summed E-state index contributed by atoms with van der Waals surface area (Å²) in [6.07, 6.45) is 0. The number of carbonyl (C=O) groups excluding carboxylic acids is 2. The molecule has 1 aromatic heterocycles. The highest BCUT2D eigenvalue weighted by atomic mass is 79.9. The first kappa shape index (κ1) is 20.7. The predicted molar refractivity (Wildman–Crippen MR) is 116 cm³/mol. The van der Waals surface area contributed by atoms with E-state index in [-0.39, 0.29) is 24.1 Å². The highest BCUT2D eigenvalue weighted by Gasteiger charge is 2.19. The Hall–Kier alpha value is -3.00. The lowest BCUT2D eigenvalue weighted by Crippen LogP contribution is -2.21. The van der Waals surface area contributed by atoms with Crippen molar-refractivity contribution in [2.24, 2.45) is 0 Å². The lowest BCUT2D eigenvalue weighted by atomic mass is 10.1. The van der Waals surface area contributed by atoms with Crippen LogP contribution in [0.15, 0.2) is 40.9 Å². The van der Waals surface area contributed by atoms with Gasteiger partial charge in [0.05, 0.1) is 11.4 Å². The molecule has 2 aromatic carbocycles. The van der Waals surface area contributed by atoms with Crippen molar-refractivity contribution in [2.75, 3.05) is 10.6 Å². The fourth-order valence-electron chi connectivity index (χ4n) is 2.82. The topological polar surface area (TPSA) is 88.9 Å². The third-order valence-corrected chi connectivity index (χ3v) is 5.19. The largest absolute Gasteiger partial charge is 0.324 e. The minimum Gasteiger partial charge on any atom is -0.324 e. The van der Waals surface area contributed by atoms with Gasteiger partial charge in [-0.2, -0.15) is 0 Å². The molecule has 0 atom stereocenters. The van der Waals surface area contributed by atoms with E-state index in [2.05, 4.69) is 36.9 Å². The molecule has 0 aliphatic heterocycles. The zero-order chi connectivity index (χ0) is 21.1. The maximum atomic E-state index is 12.6. The molecule has 2 amide bonds. The van der Waals surface area contributed by atoms with E-state index in [9.17, 15) is 9.59 Å². The Labute approximate surface area is 177 Å². The van der Waals surface area contributed by atoms with Gasteiger partial charge in [-0.25, -0.2) is 4.68 Å². The lowest BCUT2D eigenvalue weighted by Gasteiger charge is -2.10. The summed E-state index contributed by atoms with van der Waals surface area (Å²) in [7, 11) is 0. The Balaban J connectivity index is 1.70. The molecular formula is C21H22BrN5O2. The van der Waals surface area contributed by atoms with Crippen molar-refractivity contribution in [3.63, 3.8) is 0 Å². The van der Waals surface area contributed by atoms with E-state index < -0.39 is 0 Å². The summed E-state index contributed by atoms with van der Waals surface area (Å²) in [5, 5.41) is 13.6. The van der Waals surface area contributed by atoms with E-state index in [4.69, 9.17) is 0 Å². The molecule has 0 fully saturated rings. The molecule has 0 aliphatic carbocycles. The number of amides is 2. The molecule has 1 heterocycles. The van der Waals surface area contributed by atoms with Gasteiger partial charge in [0, 0.05) is 10.2 Å². The summed E-state index contributed by atoms with van der Waals surface area (Å²) in [5.41, 5.74) is 5.20. The number of anilines is 2. The standard InChI is InChI=1S/C21H22BrN5O2/c1-12-6-8-17(16(22)9-12)24-21(29)20-15(4)27(26-25-20)11-19(28)23-18-10-13(2)5-7-14(18)3/h5-10H,11H2,1-4H3,(H,23,28)(H,24,29). The van der Waals surface area contributed by atoms with Crippen molar-refractivity contribution in [2.45, 2.75) is 34.2 Å². The summed E-state index contributed by atoms with van der Waals surface area (Å²) in [5.74, 6) is -0.617. The molecule has 29 heavy (non-hydrogen) atoms. The number of nitrogens with zero attached hydrogens (tertiary/aromatic N) is 3. The SMILES string of the molecule is Cc1ccc(NC(=O)c2nnn(CC(=O)Nc3cc(C)ccc3C)c2C)c(Br)c1. The molecule has 2 N–H and O–H groups in total. The van der Waals surface area contributed by atoms with Gasteiger partial charge in [0.25, 0.3) is 5.91 Å². The minimum atomic E-state index is -0.381. The number of hydrogen-bond donors (Lipinski definition) is 2. The fourth-order valence-corrected chi connectivity index (χ4v) is 3.41. The normalized spacial score (nSPS) is 10.7. The Morgan fingerprint density at radius 1 is 0.966 bits per heavy atom. The summed E-state index contributed by atoms with van der Waals surface area (Å²) in [6.45, 7) is 7.54. The average Bonchev–Trinajstić information content (AvgIpc) is 3.01. The number of benzene rings is 2. The number of rotatable bonds is 5. The minimum absolute atomic E-state index is 0.0340. The van der Waals surface area contributed by atoms with Gasteiger partial charge < -0.3 is 10.6 Å². The molecule has 0 aliphatic rings. The van der Waals surface area contributed by atoms with Crippen LogP contribution in [0.25, 0.3) is 0 Å². The van der Waals surface area contributed by atoms with Crippen LogP contribution >= 0.6 is 15.9 Å². The molecule has 0 bridgehead atoms. The van der Waals surface area contributed by atoms with Crippen molar-refractivity contribution in [1.82, 2.24) is 15.0 Å². The fraction of sp³-hybridized carbons (Fsp3) is 0.238. The molecule has 0 radical (unpaired) electrons. The Morgan fingerprint density at radius 3 is 2.38 bits per heavy atom. The van der Waals surface area contributed by atoms with Gasteiger partial charge in [-0.15, -0.1) is 5.10 Å². The molecule has 3 aromatic rings. The predicted octanol–water partition coefficient (Wildman–Crippen LogP) is 4.17. The molecule has 150 valence electrons. The number of nitrogens with one attached hydrogen (secondary N) is 2. The molecule has 0 saturated heterocycles. The first-order valence-corrected chi connectivity index (χ1v) is 9.88. The summed E-state index contributed by atoms with van der Waals surface area (Å²) < 4.78 is 2.20. The lowest BCUT2D eigenvalue weighted by molar-refractivity contribution is -0.117. The van der Waals surface area contributed by atoms with Crippen LogP contribution in [0.1, 0.15) is 32.9 Å². The molecule has 7 nitrogen and oxygen atoms in total. The summed E-state index contributed by atoms with van der Waals surface area (Å²) in [6, 6.07) is 11.5. The molecule has 8 heteroatoms. The van der Waals surface area contributed by atoms with Crippen LogP contribution < -0.4 is 10.6 Å². The molecule has 0 saturated carbocycles. The van der Waals surface area contributed by atoms with Crippen LogP contribution in [-0.4, -0.2) is 26.8 Å². The summed E-state index contributed by atoms with van der Waals surface area (Å²) >= 11 is 3.44. The number of aryl methyl sites for hydroxylation is 3. The van der Waals surface area contributed by atoms with Crippen LogP contribution in [0, 0.1) is 27.7 Å². The Bertz CT molecular complexity index is 1090. The van der Waals surface area contributed by atoms with Gasteiger partial charge in [0.2, 0.25) is 5.91 Å². The van der Waals surface area contributed by atoms with Gasteiger partial charge in [0.1, 0.15) is 6.54 Å². The van der Waals surface area contributed by atoms with Crippen LogP contribution in [0.4, 0.5) is 11.4 Å².